The number of amides is 1. The molecular formula is C12H18N2O2. The number of carbonyl (C=O) groups is 1. The number of carbonyl (C=O) groups excluding carboxylic acids is 1. The van der Waals surface area contributed by atoms with Gasteiger partial charge in [0.2, 0.25) is 0 Å². The lowest BCUT2D eigenvalue weighted by Crippen LogP contribution is -2.34. The average molecular weight is 222 g/mol. The summed E-state index contributed by atoms with van der Waals surface area (Å²) in [5.41, 5.74) is 0.727. The zero-order valence-electron chi connectivity index (χ0n) is 9.76. The third-order valence-electron chi connectivity index (χ3n) is 2.82. The van der Waals surface area contributed by atoms with Crippen LogP contribution in [-0.4, -0.2) is 40.2 Å². The third-order valence-corrected chi connectivity index (χ3v) is 2.82. The SMILES string of the molecule is CC(O)CN(C)C(=O)c1cccn1C1CC1. The van der Waals surface area contributed by atoms with E-state index in [1.54, 1.807) is 18.9 Å². The van der Waals surface area contributed by atoms with Gasteiger partial charge in [0.15, 0.2) is 0 Å². The van der Waals surface area contributed by atoms with Crippen molar-refractivity contribution in [1.29, 1.82) is 0 Å². The maximum atomic E-state index is 12.1. The minimum atomic E-state index is -0.488. The molecule has 1 N–H and O–H groups in total. The van der Waals surface area contributed by atoms with Crippen molar-refractivity contribution in [3.8, 4) is 0 Å². The molecule has 4 heteroatoms. The van der Waals surface area contributed by atoms with Crippen LogP contribution in [0.15, 0.2) is 18.3 Å². The number of likely N-dealkylation sites (N-methyl/N-ethyl adjacent to an activating group) is 1. The summed E-state index contributed by atoms with van der Waals surface area (Å²) >= 11 is 0. The molecule has 1 aromatic heterocycles. The average Bonchev–Trinajstić information content (AvgIpc) is 2.94. The number of aliphatic hydroxyl groups excluding tert-OH is 1. The van der Waals surface area contributed by atoms with Crippen LogP contribution in [0.25, 0.3) is 0 Å². The fourth-order valence-electron chi connectivity index (χ4n) is 1.92. The fourth-order valence-corrected chi connectivity index (χ4v) is 1.92. The van der Waals surface area contributed by atoms with Gasteiger partial charge >= 0.3 is 0 Å². The number of nitrogens with zero attached hydrogens (tertiary/aromatic N) is 2. The molecule has 1 fully saturated rings. The minimum absolute atomic E-state index is 0.0159. The Hall–Kier alpha value is -1.29. The Morgan fingerprint density at radius 1 is 1.69 bits per heavy atom. The van der Waals surface area contributed by atoms with E-state index in [2.05, 4.69) is 0 Å². The summed E-state index contributed by atoms with van der Waals surface area (Å²) < 4.78 is 2.04. The maximum Gasteiger partial charge on any atom is 0.270 e. The molecule has 1 aliphatic carbocycles. The van der Waals surface area contributed by atoms with E-state index in [1.165, 1.54) is 0 Å². The highest BCUT2D eigenvalue weighted by Gasteiger charge is 2.27. The molecule has 0 saturated heterocycles. The van der Waals surface area contributed by atoms with Crippen LogP contribution in [0.4, 0.5) is 0 Å². The highest BCUT2D eigenvalue weighted by Crippen LogP contribution is 2.36. The van der Waals surface area contributed by atoms with E-state index >= 15 is 0 Å². The molecule has 0 aliphatic heterocycles. The zero-order valence-corrected chi connectivity index (χ0v) is 9.76. The quantitative estimate of drug-likeness (QED) is 0.834. The number of hydrogen-bond donors (Lipinski definition) is 1. The minimum Gasteiger partial charge on any atom is -0.392 e. The third kappa shape index (κ3) is 2.27. The van der Waals surface area contributed by atoms with Gasteiger partial charge < -0.3 is 14.6 Å². The van der Waals surface area contributed by atoms with Gasteiger partial charge in [0, 0.05) is 25.8 Å². The van der Waals surface area contributed by atoms with Gasteiger partial charge in [-0.2, -0.15) is 0 Å². The number of rotatable bonds is 4. The first-order valence-electron chi connectivity index (χ1n) is 5.70. The molecule has 0 radical (unpaired) electrons. The lowest BCUT2D eigenvalue weighted by atomic mass is 10.3. The van der Waals surface area contributed by atoms with Crippen LogP contribution in [0.3, 0.4) is 0 Å². The van der Waals surface area contributed by atoms with Crippen molar-refractivity contribution < 1.29 is 9.90 Å². The number of hydrogen-bond acceptors (Lipinski definition) is 2. The summed E-state index contributed by atoms with van der Waals surface area (Å²) in [5.74, 6) is -0.0159. The van der Waals surface area contributed by atoms with Crippen LogP contribution in [0.2, 0.25) is 0 Å². The van der Waals surface area contributed by atoms with Crippen LogP contribution in [0.1, 0.15) is 36.3 Å². The zero-order chi connectivity index (χ0) is 11.7. The van der Waals surface area contributed by atoms with E-state index in [-0.39, 0.29) is 5.91 Å². The first kappa shape index (κ1) is 11.2. The topological polar surface area (TPSA) is 45.5 Å². The van der Waals surface area contributed by atoms with Crippen LogP contribution in [0.5, 0.6) is 0 Å². The van der Waals surface area contributed by atoms with Gasteiger partial charge in [-0.05, 0) is 31.9 Å². The fraction of sp³-hybridized carbons (Fsp3) is 0.583. The predicted octanol–water partition coefficient (Wildman–Crippen LogP) is 1.28. The molecule has 0 aromatic carbocycles. The van der Waals surface area contributed by atoms with Gasteiger partial charge in [0.05, 0.1) is 6.10 Å². The molecule has 16 heavy (non-hydrogen) atoms. The molecule has 1 unspecified atom stereocenters. The molecule has 1 aromatic rings. The Bertz CT molecular complexity index is 380. The standard InChI is InChI=1S/C12H18N2O2/c1-9(15)8-13(2)12(16)11-4-3-7-14(11)10-5-6-10/h3-4,7,9-10,15H,5-6,8H2,1-2H3. The Balaban J connectivity index is 2.10. The molecule has 1 amide bonds. The molecule has 4 nitrogen and oxygen atoms in total. The number of aliphatic hydroxyl groups is 1. The summed E-state index contributed by atoms with van der Waals surface area (Å²) in [6.07, 6.45) is 3.80. The molecule has 2 rings (SSSR count). The molecular weight excluding hydrogens is 204 g/mol. The first-order valence-corrected chi connectivity index (χ1v) is 5.70. The highest BCUT2D eigenvalue weighted by molar-refractivity contribution is 5.92. The van der Waals surface area contributed by atoms with E-state index in [1.807, 2.05) is 22.9 Å². The Morgan fingerprint density at radius 2 is 2.38 bits per heavy atom. The second kappa shape index (κ2) is 4.29. The summed E-state index contributed by atoms with van der Waals surface area (Å²) in [6, 6.07) is 4.26. The van der Waals surface area contributed by atoms with Crippen molar-refractivity contribution in [3.63, 3.8) is 0 Å². The van der Waals surface area contributed by atoms with Crippen molar-refractivity contribution in [2.75, 3.05) is 13.6 Å². The van der Waals surface area contributed by atoms with Crippen molar-refractivity contribution >= 4 is 5.91 Å². The lowest BCUT2D eigenvalue weighted by molar-refractivity contribution is 0.0693. The molecule has 1 atom stereocenters. The van der Waals surface area contributed by atoms with Gasteiger partial charge in [-0.1, -0.05) is 0 Å². The van der Waals surface area contributed by atoms with Crippen LogP contribution < -0.4 is 0 Å². The molecule has 88 valence electrons. The van der Waals surface area contributed by atoms with Crippen LogP contribution >= 0.6 is 0 Å². The Kier molecular flexibility index (Phi) is 3.01. The van der Waals surface area contributed by atoms with E-state index in [4.69, 9.17) is 0 Å². The lowest BCUT2D eigenvalue weighted by Gasteiger charge is -2.19. The molecule has 1 saturated carbocycles. The summed E-state index contributed by atoms with van der Waals surface area (Å²) in [7, 11) is 1.72. The van der Waals surface area contributed by atoms with Crippen molar-refractivity contribution in [2.24, 2.45) is 0 Å². The van der Waals surface area contributed by atoms with Crippen molar-refractivity contribution in [1.82, 2.24) is 9.47 Å². The van der Waals surface area contributed by atoms with Crippen molar-refractivity contribution in [3.05, 3.63) is 24.0 Å². The van der Waals surface area contributed by atoms with E-state index < -0.39 is 6.10 Å². The predicted molar refractivity (Wildman–Crippen MR) is 61.3 cm³/mol. The second-order valence-electron chi connectivity index (χ2n) is 4.57. The Morgan fingerprint density at radius 3 is 2.94 bits per heavy atom. The molecule has 1 heterocycles. The summed E-state index contributed by atoms with van der Waals surface area (Å²) in [5, 5.41) is 9.26. The van der Waals surface area contributed by atoms with Crippen LogP contribution in [-0.2, 0) is 0 Å². The molecule has 0 spiro atoms. The van der Waals surface area contributed by atoms with Crippen LogP contribution in [0, 0.1) is 0 Å². The van der Waals surface area contributed by atoms with E-state index in [0.29, 0.717) is 12.6 Å². The summed E-state index contributed by atoms with van der Waals surface area (Å²) in [6.45, 7) is 2.05. The monoisotopic (exact) mass is 222 g/mol. The van der Waals surface area contributed by atoms with E-state index in [0.717, 1.165) is 18.5 Å². The van der Waals surface area contributed by atoms with Gasteiger partial charge in [-0.15, -0.1) is 0 Å². The smallest absolute Gasteiger partial charge is 0.270 e. The van der Waals surface area contributed by atoms with Gasteiger partial charge in [0.25, 0.3) is 5.91 Å². The second-order valence-corrected chi connectivity index (χ2v) is 4.57. The number of aromatic nitrogens is 1. The summed E-state index contributed by atoms with van der Waals surface area (Å²) in [4.78, 5) is 13.7. The Labute approximate surface area is 95.5 Å². The largest absolute Gasteiger partial charge is 0.392 e. The van der Waals surface area contributed by atoms with Gasteiger partial charge in [0.1, 0.15) is 5.69 Å². The molecule has 1 aliphatic rings. The van der Waals surface area contributed by atoms with E-state index in [9.17, 15) is 9.90 Å². The highest BCUT2D eigenvalue weighted by atomic mass is 16.3. The van der Waals surface area contributed by atoms with Gasteiger partial charge in [-0.3, -0.25) is 4.79 Å². The maximum absolute atomic E-state index is 12.1. The normalized spacial score (nSPS) is 17.2. The van der Waals surface area contributed by atoms with Gasteiger partial charge in [-0.25, -0.2) is 0 Å². The van der Waals surface area contributed by atoms with Crippen molar-refractivity contribution in [2.45, 2.75) is 31.9 Å². The molecule has 0 bridgehead atoms. The first-order chi connectivity index (χ1) is 7.59.